The second-order valence-electron chi connectivity index (χ2n) is 6.82. The molecule has 1 aromatic carbocycles. The van der Waals surface area contributed by atoms with Crippen molar-refractivity contribution in [2.24, 2.45) is 0 Å². The zero-order chi connectivity index (χ0) is 17.6. The summed E-state index contributed by atoms with van der Waals surface area (Å²) in [6.45, 7) is 9.26. The third-order valence-corrected chi connectivity index (χ3v) is 3.70. The van der Waals surface area contributed by atoms with Crippen molar-refractivity contribution in [3.8, 4) is 0 Å². The number of nitrogens with zero attached hydrogens (tertiary/aromatic N) is 2. The van der Waals surface area contributed by atoms with Gasteiger partial charge >= 0.3 is 0 Å². The van der Waals surface area contributed by atoms with Crippen LogP contribution in [0.2, 0.25) is 0 Å². The summed E-state index contributed by atoms with van der Waals surface area (Å²) < 4.78 is 0. The van der Waals surface area contributed by atoms with Crippen molar-refractivity contribution >= 4 is 17.4 Å². The predicted octanol–water partition coefficient (Wildman–Crippen LogP) is 4.05. The van der Waals surface area contributed by atoms with E-state index in [1.165, 1.54) is 11.8 Å². The van der Waals surface area contributed by atoms with Gasteiger partial charge in [-0.3, -0.25) is 4.79 Å². The van der Waals surface area contributed by atoms with Crippen LogP contribution in [0.15, 0.2) is 36.7 Å². The van der Waals surface area contributed by atoms with Crippen LogP contribution in [0.25, 0.3) is 0 Å². The number of carbonyl (C=O) groups excluding carboxylic acids is 1. The molecule has 5 nitrogen and oxygen atoms in total. The zero-order valence-corrected chi connectivity index (χ0v) is 14.9. The summed E-state index contributed by atoms with van der Waals surface area (Å²) >= 11 is 0. The second kappa shape index (κ2) is 7.90. The van der Waals surface area contributed by atoms with E-state index in [0.717, 1.165) is 18.5 Å². The number of amides is 1. The average Bonchev–Trinajstić information content (AvgIpc) is 2.55. The van der Waals surface area contributed by atoms with E-state index in [1.54, 1.807) is 6.20 Å². The lowest BCUT2D eigenvalue weighted by Gasteiger charge is -2.23. The number of aromatic nitrogens is 2. The first-order valence-corrected chi connectivity index (χ1v) is 8.38. The molecule has 0 spiro atoms. The Bertz CT molecular complexity index is 675. The Hall–Kier alpha value is -2.43. The lowest BCUT2D eigenvalue weighted by Crippen LogP contribution is -2.25. The fraction of sp³-hybridized carbons (Fsp3) is 0.421. The molecule has 0 aliphatic rings. The Balaban J connectivity index is 2.09. The molecular weight excluding hydrogens is 300 g/mol. The smallest absolute Gasteiger partial charge is 0.271 e. The molecule has 0 saturated carbocycles. The lowest BCUT2D eigenvalue weighted by molar-refractivity contribution is 0.0948. The summed E-state index contributed by atoms with van der Waals surface area (Å²) in [5.41, 5.74) is 2.56. The van der Waals surface area contributed by atoms with Crippen molar-refractivity contribution in [1.29, 1.82) is 0 Å². The average molecular weight is 326 g/mol. The van der Waals surface area contributed by atoms with Gasteiger partial charge in [0, 0.05) is 12.2 Å². The Kier molecular flexibility index (Phi) is 5.90. The van der Waals surface area contributed by atoms with E-state index in [1.807, 2.05) is 18.2 Å². The summed E-state index contributed by atoms with van der Waals surface area (Å²) in [6, 6.07) is 8.14. The van der Waals surface area contributed by atoms with E-state index >= 15 is 0 Å². The minimum atomic E-state index is -0.183. The fourth-order valence-corrected chi connectivity index (χ4v) is 2.36. The van der Waals surface area contributed by atoms with Gasteiger partial charge < -0.3 is 10.6 Å². The molecular formula is C19H26N4O. The summed E-state index contributed by atoms with van der Waals surface area (Å²) in [7, 11) is 0. The van der Waals surface area contributed by atoms with Gasteiger partial charge in [-0.15, -0.1) is 0 Å². The Morgan fingerprint density at radius 2 is 1.88 bits per heavy atom. The van der Waals surface area contributed by atoms with Crippen molar-refractivity contribution in [3.63, 3.8) is 0 Å². The summed E-state index contributed by atoms with van der Waals surface area (Å²) in [4.78, 5) is 20.5. The maximum atomic E-state index is 11.9. The number of para-hydroxylation sites is 1. The summed E-state index contributed by atoms with van der Waals surface area (Å²) in [5, 5.41) is 6.13. The van der Waals surface area contributed by atoms with Crippen molar-refractivity contribution in [2.45, 2.75) is 46.0 Å². The molecule has 1 heterocycles. The first-order chi connectivity index (χ1) is 11.4. The van der Waals surface area contributed by atoms with Gasteiger partial charge in [-0.2, -0.15) is 0 Å². The van der Waals surface area contributed by atoms with Gasteiger partial charge in [-0.05, 0) is 23.5 Å². The number of hydrogen-bond acceptors (Lipinski definition) is 4. The molecule has 0 radical (unpaired) electrons. The quantitative estimate of drug-likeness (QED) is 0.786. The van der Waals surface area contributed by atoms with Gasteiger partial charge in [0.1, 0.15) is 11.5 Å². The van der Waals surface area contributed by atoms with Gasteiger partial charge in [0.15, 0.2) is 0 Å². The molecule has 0 aliphatic carbocycles. The molecule has 0 aliphatic heterocycles. The SMILES string of the molecule is CCCCNC(=O)c1cnc(Nc2ccccc2C(C)(C)C)cn1. The molecule has 0 bridgehead atoms. The highest BCUT2D eigenvalue weighted by Crippen LogP contribution is 2.30. The Labute approximate surface area is 143 Å². The minimum Gasteiger partial charge on any atom is -0.351 e. The number of unbranched alkanes of at least 4 members (excludes halogenated alkanes) is 1. The standard InChI is InChI=1S/C19H26N4O/c1-5-6-11-20-18(24)16-12-22-17(13-21-16)23-15-10-8-7-9-14(15)19(2,3)4/h7-10,12-13H,5-6,11H2,1-4H3,(H,20,24)(H,22,23). The highest BCUT2D eigenvalue weighted by atomic mass is 16.1. The second-order valence-corrected chi connectivity index (χ2v) is 6.82. The number of anilines is 2. The van der Waals surface area contributed by atoms with Gasteiger partial charge in [0.05, 0.1) is 12.4 Å². The van der Waals surface area contributed by atoms with E-state index in [-0.39, 0.29) is 11.3 Å². The lowest BCUT2D eigenvalue weighted by atomic mass is 9.86. The maximum absolute atomic E-state index is 11.9. The summed E-state index contributed by atoms with van der Waals surface area (Å²) in [6.07, 6.45) is 5.10. The third-order valence-electron chi connectivity index (χ3n) is 3.70. The molecule has 0 saturated heterocycles. The van der Waals surface area contributed by atoms with Gasteiger partial charge in [0.25, 0.3) is 5.91 Å². The molecule has 2 aromatic rings. The van der Waals surface area contributed by atoms with Crippen LogP contribution in [-0.4, -0.2) is 22.4 Å². The predicted molar refractivity (Wildman–Crippen MR) is 97.7 cm³/mol. The van der Waals surface area contributed by atoms with Crippen molar-refractivity contribution in [1.82, 2.24) is 15.3 Å². The van der Waals surface area contributed by atoms with Crippen molar-refractivity contribution < 1.29 is 4.79 Å². The minimum absolute atomic E-state index is 0.0239. The normalized spacial score (nSPS) is 11.2. The Morgan fingerprint density at radius 3 is 2.50 bits per heavy atom. The maximum Gasteiger partial charge on any atom is 0.271 e. The molecule has 2 N–H and O–H groups in total. The van der Waals surface area contributed by atoms with Crippen molar-refractivity contribution in [2.75, 3.05) is 11.9 Å². The topological polar surface area (TPSA) is 66.9 Å². The van der Waals surface area contributed by atoms with E-state index in [9.17, 15) is 4.79 Å². The molecule has 24 heavy (non-hydrogen) atoms. The molecule has 2 rings (SSSR count). The van der Waals surface area contributed by atoms with E-state index < -0.39 is 0 Å². The molecule has 0 atom stereocenters. The van der Waals surface area contributed by atoms with Crippen LogP contribution in [0.3, 0.4) is 0 Å². The monoisotopic (exact) mass is 326 g/mol. The van der Waals surface area contributed by atoms with Crippen LogP contribution in [0.4, 0.5) is 11.5 Å². The third kappa shape index (κ3) is 4.78. The number of benzene rings is 1. The number of rotatable bonds is 6. The first-order valence-electron chi connectivity index (χ1n) is 8.38. The molecule has 128 valence electrons. The van der Waals surface area contributed by atoms with Crippen LogP contribution in [0, 0.1) is 0 Å². The zero-order valence-electron chi connectivity index (χ0n) is 14.9. The van der Waals surface area contributed by atoms with E-state index in [0.29, 0.717) is 18.1 Å². The van der Waals surface area contributed by atoms with E-state index in [2.05, 4.69) is 54.4 Å². The van der Waals surface area contributed by atoms with Gasteiger partial charge in [-0.1, -0.05) is 52.3 Å². The van der Waals surface area contributed by atoms with Crippen LogP contribution in [-0.2, 0) is 5.41 Å². The van der Waals surface area contributed by atoms with Crippen LogP contribution >= 0.6 is 0 Å². The highest BCUT2D eigenvalue weighted by Gasteiger charge is 2.17. The summed E-state index contributed by atoms with van der Waals surface area (Å²) in [5.74, 6) is 0.439. The fourth-order valence-electron chi connectivity index (χ4n) is 2.36. The van der Waals surface area contributed by atoms with Crippen LogP contribution < -0.4 is 10.6 Å². The van der Waals surface area contributed by atoms with E-state index in [4.69, 9.17) is 0 Å². The first kappa shape index (κ1) is 17.9. The van der Waals surface area contributed by atoms with Crippen LogP contribution in [0.5, 0.6) is 0 Å². The van der Waals surface area contributed by atoms with Crippen molar-refractivity contribution in [3.05, 3.63) is 47.9 Å². The molecule has 1 aromatic heterocycles. The molecule has 5 heteroatoms. The van der Waals surface area contributed by atoms with Crippen LogP contribution in [0.1, 0.15) is 56.6 Å². The van der Waals surface area contributed by atoms with Gasteiger partial charge in [0.2, 0.25) is 0 Å². The molecule has 1 amide bonds. The number of nitrogens with one attached hydrogen (secondary N) is 2. The largest absolute Gasteiger partial charge is 0.351 e. The Morgan fingerprint density at radius 1 is 1.12 bits per heavy atom. The number of carbonyl (C=O) groups is 1. The number of hydrogen-bond donors (Lipinski definition) is 2. The molecule has 0 fully saturated rings. The van der Waals surface area contributed by atoms with Gasteiger partial charge in [-0.25, -0.2) is 9.97 Å². The highest BCUT2D eigenvalue weighted by molar-refractivity contribution is 5.92. The molecule has 0 unspecified atom stereocenters.